The normalized spacial score (nSPS) is 9.72. The van der Waals surface area contributed by atoms with E-state index in [9.17, 15) is 14.4 Å². The third-order valence-electron chi connectivity index (χ3n) is 2.35. The molecule has 0 fully saturated rings. The van der Waals surface area contributed by atoms with Gasteiger partial charge in [0.15, 0.2) is 6.61 Å². The average molecular weight is 250 g/mol. The molecule has 18 heavy (non-hydrogen) atoms. The number of hydrogen-bond acceptors (Lipinski definition) is 5. The molecule has 1 aromatic rings. The van der Waals surface area contributed by atoms with E-state index < -0.39 is 11.9 Å². The van der Waals surface area contributed by atoms with Gasteiger partial charge in [-0.1, -0.05) is 6.07 Å². The number of methoxy groups -OCH3 is 1. The molecule has 5 nitrogen and oxygen atoms in total. The maximum Gasteiger partial charge on any atom is 0.337 e. The highest BCUT2D eigenvalue weighted by Crippen LogP contribution is 2.13. The van der Waals surface area contributed by atoms with Gasteiger partial charge in [0.05, 0.1) is 12.7 Å². The number of ketones is 1. The van der Waals surface area contributed by atoms with Gasteiger partial charge in [0.2, 0.25) is 5.78 Å². The van der Waals surface area contributed by atoms with E-state index in [0.29, 0.717) is 16.7 Å². The van der Waals surface area contributed by atoms with E-state index in [-0.39, 0.29) is 12.4 Å². The molecule has 0 saturated heterocycles. The highest BCUT2D eigenvalue weighted by atomic mass is 16.5. The summed E-state index contributed by atoms with van der Waals surface area (Å²) in [6, 6.07) is 4.58. The Balaban J connectivity index is 2.88. The maximum atomic E-state index is 11.7. The van der Waals surface area contributed by atoms with Gasteiger partial charge in [0, 0.05) is 12.5 Å². The van der Waals surface area contributed by atoms with Gasteiger partial charge in [0.1, 0.15) is 0 Å². The fourth-order valence-corrected chi connectivity index (χ4v) is 1.47. The van der Waals surface area contributed by atoms with Crippen molar-refractivity contribution in [1.29, 1.82) is 0 Å². The summed E-state index contributed by atoms with van der Waals surface area (Å²) in [6.45, 7) is 2.64. The first-order valence-electron chi connectivity index (χ1n) is 5.31. The fraction of sp³-hybridized carbons (Fsp3) is 0.308. The molecule has 0 heterocycles. The molecule has 1 rings (SSSR count). The fourth-order valence-electron chi connectivity index (χ4n) is 1.47. The predicted octanol–water partition coefficient (Wildman–Crippen LogP) is 1.53. The van der Waals surface area contributed by atoms with Crippen molar-refractivity contribution in [2.24, 2.45) is 0 Å². The molecule has 0 aromatic heterocycles. The summed E-state index contributed by atoms with van der Waals surface area (Å²) in [5.41, 5.74) is 1.43. The minimum Gasteiger partial charge on any atom is -0.465 e. The largest absolute Gasteiger partial charge is 0.465 e. The highest BCUT2D eigenvalue weighted by molar-refractivity contribution is 6.00. The molecule has 0 bridgehead atoms. The molecule has 0 unspecified atom stereocenters. The molecule has 0 amide bonds. The van der Waals surface area contributed by atoms with Crippen LogP contribution in [-0.4, -0.2) is 31.4 Å². The number of esters is 2. The number of carbonyl (C=O) groups excluding carboxylic acids is 3. The van der Waals surface area contributed by atoms with Crippen molar-refractivity contribution >= 4 is 17.7 Å². The minimum atomic E-state index is -0.507. The molecule has 0 saturated carbocycles. The molecular formula is C13H14O5. The summed E-state index contributed by atoms with van der Waals surface area (Å²) in [7, 11) is 1.29. The molecule has 0 aliphatic rings. The van der Waals surface area contributed by atoms with E-state index in [1.165, 1.54) is 26.2 Å². The van der Waals surface area contributed by atoms with Gasteiger partial charge in [-0.05, 0) is 24.6 Å². The van der Waals surface area contributed by atoms with E-state index in [1.807, 2.05) is 0 Å². The number of aryl methyl sites for hydroxylation is 1. The number of carbonyl (C=O) groups is 3. The van der Waals surface area contributed by atoms with Crippen molar-refractivity contribution in [2.75, 3.05) is 13.7 Å². The Hall–Kier alpha value is -2.17. The topological polar surface area (TPSA) is 69.7 Å². The van der Waals surface area contributed by atoms with Crippen LogP contribution < -0.4 is 0 Å². The van der Waals surface area contributed by atoms with Crippen molar-refractivity contribution in [3.63, 3.8) is 0 Å². The van der Waals surface area contributed by atoms with Crippen molar-refractivity contribution in [2.45, 2.75) is 13.8 Å². The maximum absolute atomic E-state index is 11.7. The molecule has 0 aliphatic heterocycles. The zero-order chi connectivity index (χ0) is 13.7. The first kappa shape index (κ1) is 13.9. The Labute approximate surface area is 105 Å². The lowest BCUT2D eigenvalue weighted by Crippen LogP contribution is -2.13. The molecule has 0 radical (unpaired) electrons. The highest BCUT2D eigenvalue weighted by Gasteiger charge is 2.13. The van der Waals surface area contributed by atoms with E-state index in [0.717, 1.165) is 0 Å². The third kappa shape index (κ3) is 3.41. The second kappa shape index (κ2) is 5.95. The van der Waals surface area contributed by atoms with Crippen molar-refractivity contribution in [3.05, 3.63) is 34.9 Å². The first-order chi connectivity index (χ1) is 8.45. The Bertz CT molecular complexity index is 490. The van der Waals surface area contributed by atoms with Gasteiger partial charge in [-0.3, -0.25) is 9.59 Å². The molecule has 1 aromatic carbocycles. The molecule has 0 N–H and O–H groups in total. The summed E-state index contributed by atoms with van der Waals surface area (Å²) in [6.07, 6.45) is 0. The zero-order valence-electron chi connectivity index (χ0n) is 10.5. The lowest BCUT2D eigenvalue weighted by atomic mass is 10.0. The summed E-state index contributed by atoms with van der Waals surface area (Å²) in [5.74, 6) is -1.27. The molecule has 0 aliphatic carbocycles. The van der Waals surface area contributed by atoms with Gasteiger partial charge in [-0.2, -0.15) is 0 Å². The Morgan fingerprint density at radius 2 is 1.89 bits per heavy atom. The first-order valence-corrected chi connectivity index (χ1v) is 5.31. The van der Waals surface area contributed by atoms with Crippen LogP contribution in [0.2, 0.25) is 0 Å². The smallest absolute Gasteiger partial charge is 0.337 e. The quantitative estimate of drug-likeness (QED) is 0.598. The second-order valence-corrected chi connectivity index (χ2v) is 3.72. The molecule has 0 atom stereocenters. The summed E-state index contributed by atoms with van der Waals surface area (Å²) < 4.78 is 9.21. The van der Waals surface area contributed by atoms with Crippen LogP contribution in [0.5, 0.6) is 0 Å². The van der Waals surface area contributed by atoms with Gasteiger partial charge in [0.25, 0.3) is 0 Å². The standard InChI is InChI=1S/C13H14O5/c1-8-6-10(13(16)17-3)4-5-11(8)12(15)7-18-9(2)14/h4-6H,7H2,1-3H3. The molecule has 5 heteroatoms. The van der Waals surface area contributed by atoms with Crippen LogP contribution in [0.25, 0.3) is 0 Å². The van der Waals surface area contributed by atoms with E-state index in [4.69, 9.17) is 0 Å². The minimum absolute atomic E-state index is 0.298. The van der Waals surface area contributed by atoms with E-state index >= 15 is 0 Å². The summed E-state index contributed by atoms with van der Waals surface area (Å²) >= 11 is 0. The molecule has 0 spiro atoms. The number of rotatable bonds is 4. The monoisotopic (exact) mass is 250 g/mol. The second-order valence-electron chi connectivity index (χ2n) is 3.72. The van der Waals surface area contributed by atoms with Gasteiger partial charge >= 0.3 is 11.9 Å². The van der Waals surface area contributed by atoms with Crippen molar-refractivity contribution in [1.82, 2.24) is 0 Å². The summed E-state index contributed by atoms with van der Waals surface area (Å²) in [4.78, 5) is 33.6. The number of hydrogen-bond donors (Lipinski definition) is 0. The van der Waals surface area contributed by atoms with Crippen molar-refractivity contribution in [3.8, 4) is 0 Å². The van der Waals surface area contributed by atoms with E-state index in [2.05, 4.69) is 9.47 Å². The van der Waals surface area contributed by atoms with Crippen LogP contribution >= 0.6 is 0 Å². The third-order valence-corrected chi connectivity index (χ3v) is 2.35. The zero-order valence-corrected chi connectivity index (χ0v) is 10.5. The lowest BCUT2D eigenvalue weighted by Gasteiger charge is -2.07. The number of Topliss-reactive ketones (excluding diaryl/α,β-unsaturated/α-hetero) is 1. The van der Waals surface area contributed by atoms with Crippen LogP contribution in [0.15, 0.2) is 18.2 Å². The van der Waals surface area contributed by atoms with Crippen LogP contribution in [-0.2, 0) is 14.3 Å². The van der Waals surface area contributed by atoms with Gasteiger partial charge in [-0.25, -0.2) is 4.79 Å². The SMILES string of the molecule is COC(=O)c1ccc(C(=O)COC(C)=O)c(C)c1. The van der Waals surface area contributed by atoms with Crippen LogP contribution in [0.3, 0.4) is 0 Å². The van der Waals surface area contributed by atoms with E-state index in [1.54, 1.807) is 13.0 Å². The molecular weight excluding hydrogens is 236 g/mol. The Morgan fingerprint density at radius 3 is 2.39 bits per heavy atom. The Kier molecular flexibility index (Phi) is 4.59. The van der Waals surface area contributed by atoms with Crippen LogP contribution in [0.1, 0.15) is 33.2 Å². The number of ether oxygens (including phenoxy) is 2. The predicted molar refractivity (Wildman–Crippen MR) is 63.5 cm³/mol. The summed E-state index contributed by atoms with van der Waals surface area (Å²) in [5, 5.41) is 0. The van der Waals surface area contributed by atoms with Crippen molar-refractivity contribution < 1.29 is 23.9 Å². The Morgan fingerprint density at radius 1 is 1.22 bits per heavy atom. The molecule has 96 valence electrons. The van der Waals surface area contributed by atoms with Crippen LogP contribution in [0.4, 0.5) is 0 Å². The van der Waals surface area contributed by atoms with Gasteiger partial charge in [-0.15, -0.1) is 0 Å². The number of benzene rings is 1. The van der Waals surface area contributed by atoms with Crippen LogP contribution in [0, 0.1) is 6.92 Å². The lowest BCUT2D eigenvalue weighted by molar-refractivity contribution is -0.139. The van der Waals surface area contributed by atoms with Gasteiger partial charge < -0.3 is 9.47 Å². The average Bonchev–Trinajstić information content (AvgIpc) is 2.34.